The number of aryl methyl sites for hydroxylation is 1. The zero-order valence-electron chi connectivity index (χ0n) is 15.6. The fourth-order valence-electron chi connectivity index (χ4n) is 2.99. The maximum atomic E-state index is 12.5. The van der Waals surface area contributed by atoms with Crippen LogP contribution in [0.3, 0.4) is 0 Å². The number of hydrogen-bond acceptors (Lipinski definition) is 2. The Balaban J connectivity index is 2.24. The van der Waals surface area contributed by atoms with E-state index in [-0.39, 0.29) is 5.56 Å². The molecule has 0 fully saturated rings. The van der Waals surface area contributed by atoms with Crippen molar-refractivity contribution in [1.29, 1.82) is 0 Å². The third-order valence-electron chi connectivity index (χ3n) is 4.68. The lowest BCUT2D eigenvalue weighted by molar-refractivity contribution is -0.895. The molecule has 0 amide bonds. The van der Waals surface area contributed by atoms with Gasteiger partial charge >= 0.3 is 0 Å². The maximum absolute atomic E-state index is 12.5. The molecule has 136 valence electrons. The van der Waals surface area contributed by atoms with Crippen LogP contribution < -0.4 is 15.8 Å². The fourth-order valence-corrected chi connectivity index (χ4v) is 3.15. The monoisotopic (exact) mass is 361 g/mol. The smallest absolute Gasteiger partial charge is 0.253 e. The van der Waals surface area contributed by atoms with Crippen LogP contribution in [-0.2, 0) is 6.54 Å². The van der Waals surface area contributed by atoms with E-state index in [1.165, 1.54) is 4.90 Å². The molecule has 0 aliphatic carbocycles. The number of pyridine rings is 1. The molecule has 2 rings (SSSR count). The van der Waals surface area contributed by atoms with Gasteiger partial charge in [-0.25, -0.2) is 0 Å². The Morgan fingerprint density at radius 2 is 2.00 bits per heavy atom. The average Bonchev–Trinajstić information content (AvgIpc) is 2.61. The van der Waals surface area contributed by atoms with E-state index in [1.807, 2.05) is 32.2 Å². The van der Waals surface area contributed by atoms with E-state index in [9.17, 15) is 4.79 Å². The third-order valence-corrected chi connectivity index (χ3v) is 5.14. The van der Waals surface area contributed by atoms with Crippen molar-refractivity contribution in [2.45, 2.75) is 27.3 Å². The first-order valence-electron chi connectivity index (χ1n) is 8.91. The normalized spacial score (nSPS) is 11.1. The van der Waals surface area contributed by atoms with Gasteiger partial charge in [0.15, 0.2) is 5.11 Å². The summed E-state index contributed by atoms with van der Waals surface area (Å²) in [6.45, 7) is 10.9. The van der Waals surface area contributed by atoms with Gasteiger partial charge in [-0.1, -0.05) is 12.1 Å². The van der Waals surface area contributed by atoms with Crippen LogP contribution in [0.2, 0.25) is 0 Å². The molecule has 5 nitrogen and oxygen atoms in total. The van der Waals surface area contributed by atoms with Gasteiger partial charge in [0.1, 0.15) is 0 Å². The first-order chi connectivity index (χ1) is 12.0. The summed E-state index contributed by atoms with van der Waals surface area (Å²) in [4.78, 5) is 19.1. The topological polar surface area (TPSA) is 52.6 Å². The lowest BCUT2D eigenvalue weighted by Gasteiger charge is -2.26. The number of aromatic nitrogens is 1. The van der Waals surface area contributed by atoms with Crippen LogP contribution in [0.15, 0.2) is 29.1 Å². The van der Waals surface area contributed by atoms with Crippen molar-refractivity contribution in [2.24, 2.45) is 0 Å². The molecule has 0 radical (unpaired) electrons. The molecule has 25 heavy (non-hydrogen) atoms. The van der Waals surface area contributed by atoms with Crippen molar-refractivity contribution in [1.82, 2.24) is 15.2 Å². The SMILES string of the molecule is CC[NH+](CC)CCN(Cc1cc2ccc(C)cc2[nH]c1=O)C(=S)NC. The van der Waals surface area contributed by atoms with Gasteiger partial charge < -0.3 is 20.1 Å². The number of likely N-dealkylation sites (N-methyl/N-ethyl adjacent to an activating group) is 1. The standard InChI is InChI=1S/C19H28N4OS/c1-5-22(6-2)9-10-23(19(25)20-4)13-16-12-15-8-7-14(3)11-17(15)21-18(16)24/h7-8,11-12H,5-6,9-10,13H2,1-4H3,(H,20,25)(H,21,24)/p+1. The van der Waals surface area contributed by atoms with Crippen molar-refractivity contribution in [3.05, 3.63) is 45.7 Å². The lowest BCUT2D eigenvalue weighted by atomic mass is 10.1. The number of nitrogens with zero attached hydrogens (tertiary/aromatic N) is 1. The summed E-state index contributed by atoms with van der Waals surface area (Å²) in [5.41, 5.74) is 2.71. The van der Waals surface area contributed by atoms with Crippen LogP contribution in [0.5, 0.6) is 0 Å². The molecule has 0 aliphatic heterocycles. The first-order valence-corrected chi connectivity index (χ1v) is 9.32. The molecule has 6 heteroatoms. The van der Waals surface area contributed by atoms with Gasteiger partial charge in [0.25, 0.3) is 5.56 Å². The van der Waals surface area contributed by atoms with Crippen LogP contribution in [0.25, 0.3) is 10.9 Å². The molecule has 0 unspecified atom stereocenters. The van der Waals surface area contributed by atoms with Crippen LogP contribution in [-0.4, -0.2) is 48.2 Å². The summed E-state index contributed by atoms with van der Waals surface area (Å²) in [5.74, 6) is 0. The van der Waals surface area contributed by atoms with Gasteiger partial charge in [-0.15, -0.1) is 0 Å². The van der Waals surface area contributed by atoms with E-state index in [4.69, 9.17) is 12.2 Å². The predicted molar refractivity (Wildman–Crippen MR) is 108 cm³/mol. The van der Waals surface area contributed by atoms with Gasteiger partial charge in [-0.3, -0.25) is 4.79 Å². The largest absolute Gasteiger partial charge is 0.366 e. The van der Waals surface area contributed by atoms with E-state index >= 15 is 0 Å². The highest BCUT2D eigenvalue weighted by Gasteiger charge is 2.14. The maximum Gasteiger partial charge on any atom is 0.253 e. The zero-order valence-corrected chi connectivity index (χ0v) is 16.4. The lowest BCUT2D eigenvalue weighted by Crippen LogP contribution is -3.12. The highest BCUT2D eigenvalue weighted by atomic mass is 32.1. The van der Waals surface area contributed by atoms with E-state index in [2.05, 4.69) is 35.1 Å². The Morgan fingerprint density at radius 3 is 2.64 bits per heavy atom. The third kappa shape index (κ3) is 5.03. The number of hydrogen-bond donors (Lipinski definition) is 3. The van der Waals surface area contributed by atoms with E-state index in [0.29, 0.717) is 11.7 Å². The molecule has 3 N–H and O–H groups in total. The molecule has 1 aromatic heterocycles. The summed E-state index contributed by atoms with van der Waals surface area (Å²) in [6.07, 6.45) is 0. The first kappa shape index (κ1) is 19.4. The predicted octanol–water partition coefficient (Wildman–Crippen LogP) is 1.07. The highest BCUT2D eigenvalue weighted by Crippen LogP contribution is 2.14. The number of fused-ring (bicyclic) bond motifs is 1. The minimum atomic E-state index is -0.0443. The number of benzene rings is 1. The number of nitrogens with one attached hydrogen (secondary N) is 3. The molecular weight excluding hydrogens is 332 g/mol. The van der Waals surface area contributed by atoms with Gasteiger partial charge in [0, 0.05) is 18.1 Å². The molecule has 2 aromatic rings. The average molecular weight is 362 g/mol. The molecule has 1 aromatic carbocycles. The number of rotatable bonds is 7. The van der Waals surface area contributed by atoms with Gasteiger partial charge in [0.05, 0.1) is 32.7 Å². The van der Waals surface area contributed by atoms with Crippen molar-refractivity contribution in [2.75, 3.05) is 33.2 Å². The van der Waals surface area contributed by atoms with Gasteiger partial charge in [-0.05, 0) is 56.1 Å². The Kier molecular flexibility index (Phi) is 6.96. The second-order valence-electron chi connectivity index (χ2n) is 6.40. The van der Waals surface area contributed by atoms with Crippen molar-refractivity contribution < 1.29 is 4.90 Å². The van der Waals surface area contributed by atoms with E-state index in [1.54, 1.807) is 0 Å². The molecule has 0 saturated heterocycles. The molecular formula is C19H29N4OS+. The zero-order chi connectivity index (χ0) is 18.4. The summed E-state index contributed by atoms with van der Waals surface area (Å²) in [5, 5.41) is 4.77. The van der Waals surface area contributed by atoms with Crippen molar-refractivity contribution >= 4 is 28.2 Å². The van der Waals surface area contributed by atoms with Crippen molar-refractivity contribution in [3.8, 4) is 0 Å². The minimum Gasteiger partial charge on any atom is -0.366 e. The van der Waals surface area contributed by atoms with Crippen LogP contribution in [0, 0.1) is 6.92 Å². The second kappa shape index (κ2) is 8.97. The highest BCUT2D eigenvalue weighted by molar-refractivity contribution is 7.80. The molecule has 0 aliphatic rings. The minimum absolute atomic E-state index is 0.0443. The van der Waals surface area contributed by atoms with Crippen LogP contribution in [0.1, 0.15) is 25.0 Å². The van der Waals surface area contributed by atoms with Gasteiger partial charge in [0.2, 0.25) is 0 Å². The molecule has 0 spiro atoms. The Hall–Kier alpha value is -1.92. The summed E-state index contributed by atoms with van der Waals surface area (Å²) in [7, 11) is 1.83. The fraction of sp³-hybridized carbons (Fsp3) is 0.474. The van der Waals surface area contributed by atoms with Gasteiger partial charge in [-0.2, -0.15) is 0 Å². The Bertz CT molecular complexity index is 783. The number of aromatic amines is 1. The second-order valence-corrected chi connectivity index (χ2v) is 6.78. The van der Waals surface area contributed by atoms with E-state index in [0.717, 1.165) is 48.2 Å². The Morgan fingerprint density at radius 1 is 1.28 bits per heavy atom. The molecule has 0 bridgehead atoms. The molecule has 1 heterocycles. The number of quaternary nitrogens is 1. The van der Waals surface area contributed by atoms with Crippen LogP contribution >= 0.6 is 12.2 Å². The quantitative estimate of drug-likeness (QED) is 0.646. The number of H-pyrrole nitrogens is 1. The summed E-state index contributed by atoms with van der Waals surface area (Å²) in [6, 6.07) is 8.08. The molecule has 0 saturated carbocycles. The summed E-state index contributed by atoms with van der Waals surface area (Å²) < 4.78 is 0. The summed E-state index contributed by atoms with van der Waals surface area (Å²) >= 11 is 5.45. The Labute approximate surface area is 155 Å². The molecule has 0 atom stereocenters. The van der Waals surface area contributed by atoms with E-state index < -0.39 is 0 Å². The van der Waals surface area contributed by atoms with Crippen molar-refractivity contribution in [3.63, 3.8) is 0 Å². The number of thiocarbonyl (C=S) groups is 1. The van der Waals surface area contributed by atoms with Crippen LogP contribution in [0.4, 0.5) is 0 Å².